The molecule has 1 saturated carbocycles. The Kier molecular flexibility index (Phi) is 4.92. The lowest BCUT2D eigenvalue weighted by Crippen LogP contribution is -2.39. The molecule has 1 aliphatic carbocycles. The van der Waals surface area contributed by atoms with E-state index in [1.165, 1.54) is 11.8 Å². The van der Waals surface area contributed by atoms with E-state index < -0.39 is 6.17 Å². The van der Waals surface area contributed by atoms with Crippen LogP contribution in [0.15, 0.2) is 34.6 Å². The summed E-state index contributed by atoms with van der Waals surface area (Å²) in [4.78, 5) is 16.1. The van der Waals surface area contributed by atoms with E-state index in [0.29, 0.717) is 10.8 Å². The van der Waals surface area contributed by atoms with Gasteiger partial charge in [0.1, 0.15) is 22.8 Å². The van der Waals surface area contributed by atoms with Crippen LogP contribution in [0, 0.1) is 5.41 Å². The number of alkyl halides is 1. The fourth-order valence-corrected chi connectivity index (χ4v) is 4.95. The molecule has 2 aromatic rings. The second-order valence-electron chi connectivity index (χ2n) is 7.15. The first-order chi connectivity index (χ1) is 12.5. The molecule has 5 nitrogen and oxygen atoms in total. The Morgan fingerprint density at radius 2 is 2.00 bits per heavy atom. The molecule has 2 aliphatic rings. The SMILES string of the molecule is Nc1nccc(Sc2cnc(N3CCC4(CC[C@@H](F)C4)CC3)cn2)c1Cl. The Hall–Kier alpha value is -1.60. The van der Waals surface area contributed by atoms with Gasteiger partial charge in [-0.15, -0.1) is 0 Å². The van der Waals surface area contributed by atoms with E-state index in [4.69, 9.17) is 17.3 Å². The quantitative estimate of drug-likeness (QED) is 0.835. The zero-order chi connectivity index (χ0) is 18.1. The summed E-state index contributed by atoms with van der Waals surface area (Å²) in [5, 5.41) is 1.19. The molecule has 0 bridgehead atoms. The summed E-state index contributed by atoms with van der Waals surface area (Å²) in [6.45, 7) is 1.83. The Balaban J connectivity index is 1.40. The number of anilines is 2. The number of nitrogens with two attached hydrogens (primary N) is 1. The smallest absolute Gasteiger partial charge is 0.147 e. The molecular formula is C18H21ClFN5S. The molecule has 26 heavy (non-hydrogen) atoms. The van der Waals surface area contributed by atoms with Gasteiger partial charge in [0.25, 0.3) is 0 Å². The van der Waals surface area contributed by atoms with Crippen molar-refractivity contribution in [3.8, 4) is 0 Å². The molecule has 1 spiro atoms. The number of pyridine rings is 1. The van der Waals surface area contributed by atoms with Gasteiger partial charge in [-0.25, -0.2) is 19.3 Å². The highest BCUT2D eigenvalue weighted by Crippen LogP contribution is 2.47. The highest BCUT2D eigenvalue weighted by molar-refractivity contribution is 7.99. The Morgan fingerprint density at radius 1 is 1.19 bits per heavy atom. The largest absolute Gasteiger partial charge is 0.382 e. The number of nitrogen functional groups attached to an aromatic ring is 1. The molecule has 0 unspecified atom stereocenters. The maximum absolute atomic E-state index is 13.6. The molecule has 0 aromatic carbocycles. The van der Waals surface area contributed by atoms with Crippen LogP contribution in [0.2, 0.25) is 5.02 Å². The number of rotatable bonds is 3. The zero-order valence-corrected chi connectivity index (χ0v) is 15.9. The van der Waals surface area contributed by atoms with Gasteiger partial charge in [0, 0.05) is 24.2 Å². The molecule has 2 N–H and O–H groups in total. The van der Waals surface area contributed by atoms with E-state index in [-0.39, 0.29) is 5.41 Å². The standard InChI is InChI=1S/C18H21ClFN5S/c19-16-13(2-6-22-17(16)21)26-15-11-23-14(10-24-15)25-7-4-18(5-8-25)3-1-12(20)9-18/h2,6,10-12H,1,3-5,7-9H2,(H2,21,22)/t12-/m1/s1. The number of aromatic nitrogens is 3. The third-order valence-electron chi connectivity index (χ3n) is 5.50. The van der Waals surface area contributed by atoms with Crippen molar-refractivity contribution in [3.63, 3.8) is 0 Å². The highest BCUT2D eigenvalue weighted by Gasteiger charge is 2.41. The van der Waals surface area contributed by atoms with Gasteiger partial charge in [0.2, 0.25) is 0 Å². The number of hydrogen-bond acceptors (Lipinski definition) is 6. The molecule has 2 fully saturated rings. The third kappa shape index (κ3) is 3.60. The van der Waals surface area contributed by atoms with Gasteiger partial charge >= 0.3 is 0 Å². The molecule has 0 radical (unpaired) electrons. The third-order valence-corrected chi connectivity index (χ3v) is 6.99. The van der Waals surface area contributed by atoms with E-state index in [0.717, 1.165) is 60.9 Å². The zero-order valence-electron chi connectivity index (χ0n) is 14.4. The van der Waals surface area contributed by atoms with Gasteiger partial charge in [-0.3, -0.25) is 0 Å². The topological polar surface area (TPSA) is 67.9 Å². The van der Waals surface area contributed by atoms with Crippen molar-refractivity contribution in [1.82, 2.24) is 15.0 Å². The van der Waals surface area contributed by atoms with Gasteiger partial charge in [0.05, 0.1) is 17.4 Å². The van der Waals surface area contributed by atoms with Crippen molar-refractivity contribution in [2.45, 2.75) is 48.2 Å². The van der Waals surface area contributed by atoms with Crippen molar-refractivity contribution in [2.24, 2.45) is 5.41 Å². The van der Waals surface area contributed by atoms with Crippen LogP contribution in [0.5, 0.6) is 0 Å². The monoisotopic (exact) mass is 393 g/mol. The van der Waals surface area contributed by atoms with Crippen LogP contribution in [0.1, 0.15) is 32.1 Å². The normalized spacial score (nSPS) is 22.1. The lowest BCUT2D eigenvalue weighted by molar-refractivity contribution is 0.203. The first kappa shape index (κ1) is 17.8. The van der Waals surface area contributed by atoms with Gasteiger partial charge in [0.15, 0.2) is 0 Å². The van der Waals surface area contributed by atoms with Gasteiger partial charge in [-0.2, -0.15) is 0 Å². The van der Waals surface area contributed by atoms with Crippen LogP contribution in [0.3, 0.4) is 0 Å². The summed E-state index contributed by atoms with van der Waals surface area (Å²) >= 11 is 7.59. The van der Waals surface area contributed by atoms with Crippen molar-refractivity contribution in [3.05, 3.63) is 29.7 Å². The van der Waals surface area contributed by atoms with E-state index >= 15 is 0 Å². The second kappa shape index (κ2) is 7.19. The molecule has 1 aliphatic heterocycles. The van der Waals surface area contributed by atoms with Crippen LogP contribution >= 0.6 is 23.4 Å². The number of hydrogen-bond donors (Lipinski definition) is 1. The van der Waals surface area contributed by atoms with Crippen LogP contribution in [-0.4, -0.2) is 34.2 Å². The average molecular weight is 394 g/mol. The van der Waals surface area contributed by atoms with Gasteiger partial charge in [-0.05, 0) is 43.6 Å². The Labute approximate surface area is 161 Å². The molecule has 1 saturated heterocycles. The van der Waals surface area contributed by atoms with Gasteiger partial charge in [-0.1, -0.05) is 23.4 Å². The fraction of sp³-hybridized carbons (Fsp3) is 0.500. The molecule has 138 valence electrons. The fourth-order valence-electron chi connectivity index (χ4n) is 3.96. The van der Waals surface area contributed by atoms with E-state index in [1.54, 1.807) is 18.6 Å². The van der Waals surface area contributed by atoms with E-state index in [1.807, 2.05) is 6.07 Å². The minimum Gasteiger partial charge on any atom is -0.382 e. The predicted molar refractivity (Wildman–Crippen MR) is 102 cm³/mol. The summed E-state index contributed by atoms with van der Waals surface area (Å²) in [5.74, 6) is 1.19. The Bertz CT molecular complexity index is 780. The lowest BCUT2D eigenvalue weighted by Gasteiger charge is -2.39. The number of nitrogens with zero attached hydrogens (tertiary/aromatic N) is 4. The second-order valence-corrected chi connectivity index (χ2v) is 8.59. The van der Waals surface area contributed by atoms with Crippen LogP contribution < -0.4 is 10.6 Å². The molecule has 0 amide bonds. The van der Waals surface area contributed by atoms with Crippen molar-refractivity contribution in [1.29, 1.82) is 0 Å². The molecule has 2 aromatic heterocycles. The molecule has 1 atom stereocenters. The molecule has 4 rings (SSSR count). The minimum absolute atomic E-state index is 0.219. The predicted octanol–water partition coefficient (Wildman–Crippen LogP) is 4.37. The van der Waals surface area contributed by atoms with Gasteiger partial charge < -0.3 is 10.6 Å². The lowest BCUT2D eigenvalue weighted by atomic mass is 9.77. The van der Waals surface area contributed by atoms with Crippen molar-refractivity contribution >= 4 is 35.0 Å². The maximum Gasteiger partial charge on any atom is 0.147 e. The summed E-state index contributed by atoms with van der Waals surface area (Å²) in [7, 11) is 0. The number of halogens is 2. The minimum atomic E-state index is -0.605. The highest BCUT2D eigenvalue weighted by atomic mass is 35.5. The first-order valence-electron chi connectivity index (χ1n) is 8.84. The van der Waals surface area contributed by atoms with Crippen molar-refractivity contribution < 1.29 is 4.39 Å². The first-order valence-corrected chi connectivity index (χ1v) is 10.0. The van der Waals surface area contributed by atoms with E-state index in [2.05, 4.69) is 19.9 Å². The molecule has 8 heteroatoms. The summed E-state index contributed by atoms with van der Waals surface area (Å²) in [6.07, 6.45) is 9.14. The van der Waals surface area contributed by atoms with Crippen molar-refractivity contribution in [2.75, 3.05) is 23.7 Å². The molecule has 3 heterocycles. The van der Waals surface area contributed by atoms with Crippen LogP contribution in [-0.2, 0) is 0 Å². The Morgan fingerprint density at radius 3 is 2.65 bits per heavy atom. The summed E-state index contributed by atoms with van der Waals surface area (Å²) in [5.41, 5.74) is 5.95. The maximum atomic E-state index is 13.6. The van der Waals surface area contributed by atoms with E-state index in [9.17, 15) is 4.39 Å². The summed E-state index contributed by atoms with van der Waals surface area (Å²) in [6, 6.07) is 1.81. The summed E-state index contributed by atoms with van der Waals surface area (Å²) < 4.78 is 13.6. The van der Waals surface area contributed by atoms with Crippen LogP contribution in [0.4, 0.5) is 16.0 Å². The molecular weight excluding hydrogens is 373 g/mol. The van der Waals surface area contributed by atoms with Crippen LogP contribution in [0.25, 0.3) is 0 Å². The number of piperidine rings is 1. The average Bonchev–Trinajstić information content (AvgIpc) is 3.01.